The molecule has 2 rings (SSSR count). The van der Waals surface area contributed by atoms with Crippen LogP contribution in [-0.4, -0.2) is 31.3 Å². The molecular formula is C17H27BrN2O. The Bertz CT molecular complexity index is 450. The Balaban J connectivity index is 1.93. The molecule has 0 spiro atoms. The van der Waals surface area contributed by atoms with Crippen molar-refractivity contribution in [2.75, 3.05) is 31.1 Å². The number of anilines is 1. The highest BCUT2D eigenvalue weighted by Crippen LogP contribution is 2.29. The number of nitrogens with one attached hydrogen (secondary N) is 1. The van der Waals surface area contributed by atoms with Gasteiger partial charge in [0.25, 0.3) is 0 Å². The van der Waals surface area contributed by atoms with Crippen LogP contribution in [0.15, 0.2) is 22.7 Å². The number of aliphatic hydroxyl groups excluding tert-OH is 1. The van der Waals surface area contributed by atoms with Gasteiger partial charge < -0.3 is 15.3 Å². The maximum absolute atomic E-state index is 9.05. The molecule has 0 aromatic heterocycles. The van der Waals surface area contributed by atoms with Crippen LogP contribution < -0.4 is 10.2 Å². The number of nitrogens with zero attached hydrogens (tertiary/aromatic N) is 1. The van der Waals surface area contributed by atoms with Crippen LogP contribution in [0.3, 0.4) is 0 Å². The van der Waals surface area contributed by atoms with Crippen LogP contribution in [-0.2, 0) is 6.54 Å². The second kappa shape index (κ2) is 8.16. The van der Waals surface area contributed by atoms with Crippen LogP contribution >= 0.6 is 15.9 Å². The molecule has 2 N–H and O–H groups in total. The number of aliphatic hydroxyl groups is 1. The van der Waals surface area contributed by atoms with E-state index < -0.39 is 0 Å². The monoisotopic (exact) mass is 354 g/mol. The van der Waals surface area contributed by atoms with Gasteiger partial charge in [-0.15, -0.1) is 0 Å². The summed E-state index contributed by atoms with van der Waals surface area (Å²) in [6, 6.07) is 6.66. The minimum atomic E-state index is 0.308. The van der Waals surface area contributed by atoms with Gasteiger partial charge in [-0.3, -0.25) is 0 Å². The van der Waals surface area contributed by atoms with Gasteiger partial charge in [-0.25, -0.2) is 0 Å². The predicted octanol–water partition coefficient (Wildman–Crippen LogP) is 3.40. The highest BCUT2D eigenvalue weighted by atomic mass is 79.9. The minimum Gasteiger partial charge on any atom is -0.396 e. The van der Waals surface area contributed by atoms with Gasteiger partial charge in [-0.1, -0.05) is 35.8 Å². The third-order valence-corrected chi connectivity index (χ3v) is 4.83. The number of hydrogen-bond acceptors (Lipinski definition) is 3. The molecule has 0 amide bonds. The maximum Gasteiger partial charge on any atom is 0.0434 e. The molecule has 118 valence electrons. The van der Waals surface area contributed by atoms with E-state index in [2.05, 4.69) is 58.2 Å². The first-order valence-electron chi connectivity index (χ1n) is 7.95. The van der Waals surface area contributed by atoms with E-state index in [1.165, 1.54) is 22.1 Å². The molecule has 1 aromatic carbocycles. The molecule has 4 heteroatoms. The molecule has 1 aliphatic heterocycles. The van der Waals surface area contributed by atoms with Crippen molar-refractivity contribution in [2.24, 2.45) is 11.8 Å². The molecule has 1 aliphatic rings. The largest absolute Gasteiger partial charge is 0.396 e. The van der Waals surface area contributed by atoms with E-state index in [1.54, 1.807) is 0 Å². The average molecular weight is 355 g/mol. The fourth-order valence-corrected chi connectivity index (χ4v) is 3.36. The topological polar surface area (TPSA) is 35.5 Å². The number of benzene rings is 1. The normalized spacial score (nSPS) is 18.7. The Kier molecular flexibility index (Phi) is 6.52. The molecule has 0 radical (unpaired) electrons. The smallest absolute Gasteiger partial charge is 0.0434 e. The highest BCUT2D eigenvalue weighted by Gasteiger charge is 2.22. The van der Waals surface area contributed by atoms with E-state index in [1.807, 2.05) is 0 Å². The Morgan fingerprint density at radius 1 is 1.43 bits per heavy atom. The average Bonchev–Trinajstić information content (AvgIpc) is 2.89. The Hall–Kier alpha value is -0.580. The quantitative estimate of drug-likeness (QED) is 0.787. The SMILES string of the molecule is CC(C)CNCc1ccc(N2CCC(CCO)C2)cc1Br. The van der Waals surface area contributed by atoms with Crippen LogP contribution in [0.2, 0.25) is 0 Å². The van der Waals surface area contributed by atoms with Gasteiger partial charge in [0, 0.05) is 36.4 Å². The number of hydrogen-bond donors (Lipinski definition) is 2. The minimum absolute atomic E-state index is 0.308. The molecule has 1 atom stereocenters. The van der Waals surface area contributed by atoms with Crippen LogP contribution in [0.25, 0.3) is 0 Å². The first-order valence-corrected chi connectivity index (χ1v) is 8.74. The van der Waals surface area contributed by atoms with E-state index in [-0.39, 0.29) is 0 Å². The van der Waals surface area contributed by atoms with Gasteiger partial charge in [0.05, 0.1) is 0 Å². The fraction of sp³-hybridized carbons (Fsp3) is 0.647. The lowest BCUT2D eigenvalue weighted by molar-refractivity contribution is 0.263. The Morgan fingerprint density at radius 3 is 2.90 bits per heavy atom. The zero-order valence-corrected chi connectivity index (χ0v) is 14.7. The second-order valence-corrected chi connectivity index (χ2v) is 7.27. The Morgan fingerprint density at radius 2 is 2.24 bits per heavy atom. The van der Waals surface area contributed by atoms with Crippen molar-refractivity contribution in [1.82, 2.24) is 5.32 Å². The van der Waals surface area contributed by atoms with E-state index >= 15 is 0 Å². The molecule has 21 heavy (non-hydrogen) atoms. The molecule has 0 aliphatic carbocycles. The second-order valence-electron chi connectivity index (χ2n) is 6.41. The summed E-state index contributed by atoms with van der Waals surface area (Å²) in [7, 11) is 0. The first kappa shape index (κ1) is 16.8. The fourth-order valence-electron chi connectivity index (χ4n) is 2.86. The summed E-state index contributed by atoms with van der Waals surface area (Å²) >= 11 is 3.70. The van der Waals surface area contributed by atoms with Gasteiger partial charge >= 0.3 is 0 Å². The summed E-state index contributed by atoms with van der Waals surface area (Å²) < 4.78 is 1.18. The van der Waals surface area contributed by atoms with Crippen molar-refractivity contribution < 1.29 is 5.11 Å². The lowest BCUT2D eigenvalue weighted by atomic mass is 10.1. The molecule has 0 saturated carbocycles. The molecule has 1 unspecified atom stereocenters. The van der Waals surface area contributed by atoms with Gasteiger partial charge in [0.1, 0.15) is 0 Å². The zero-order chi connectivity index (χ0) is 15.2. The van der Waals surface area contributed by atoms with Crippen LogP contribution in [0.1, 0.15) is 32.3 Å². The molecular weight excluding hydrogens is 328 g/mol. The summed E-state index contributed by atoms with van der Waals surface area (Å²) in [5, 5.41) is 12.5. The first-order chi connectivity index (χ1) is 10.1. The molecule has 1 saturated heterocycles. The maximum atomic E-state index is 9.05. The molecule has 0 bridgehead atoms. The summed E-state index contributed by atoms with van der Waals surface area (Å²) in [5.41, 5.74) is 2.60. The van der Waals surface area contributed by atoms with E-state index in [4.69, 9.17) is 5.11 Å². The summed E-state index contributed by atoms with van der Waals surface area (Å²) in [6.45, 7) is 8.88. The van der Waals surface area contributed by atoms with Crippen molar-refractivity contribution in [3.63, 3.8) is 0 Å². The van der Waals surface area contributed by atoms with Crippen molar-refractivity contribution in [3.8, 4) is 0 Å². The van der Waals surface area contributed by atoms with Gasteiger partial charge in [0.15, 0.2) is 0 Å². The highest BCUT2D eigenvalue weighted by molar-refractivity contribution is 9.10. The van der Waals surface area contributed by atoms with Crippen LogP contribution in [0, 0.1) is 11.8 Å². The van der Waals surface area contributed by atoms with E-state index in [9.17, 15) is 0 Å². The molecule has 1 aromatic rings. The number of rotatable bonds is 7. The predicted molar refractivity (Wildman–Crippen MR) is 92.7 cm³/mol. The van der Waals surface area contributed by atoms with E-state index in [0.717, 1.165) is 32.6 Å². The van der Waals surface area contributed by atoms with Crippen molar-refractivity contribution >= 4 is 21.6 Å². The van der Waals surface area contributed by atoms with Gasteiger partial charge in [-0.2, -0.15) is 0 Å². The lowest BCUT2D eigenvalue weighted by Gasteiger charge is -2.20. The zero-order valence-electron chi connectivity index (χ0n) is 13.1. The molecule has 1 fully saturated rings. The van der Waals surface area contributed by atoms with Crippen LogP contribution in [0.5, 0.6) is 0 Å². The van der Waals surface area contributed by atoms with Crippen molar-refractivity contribution in [1.29, 1.82) is 0 Å². The van der Waals surface area contributed by atoms with Crippen LogP contribution in [0.4, 0.5) is 5.69 Å². The Labute approximate surface area is 136 Å². The van der Waals surface area contributed by atoms with Gasteiger partial charge in [-0.05, 0) is 48.9 Å². The number of halogens is 1. The summed E-state index contributed by atoms with van der Waals surface area (Å²) in [4.78, 5) is 2.43. The molecule has 3 nitrogen and oxygen atoms in total. The van der Waals surface area contributed by atoms with Crippen molar-refractivity contribution in [3.05, 3.63) is 28.2 Å². The van der Waals surface area contributed by atoms with Gasteiger partial charge in [0.2, 0.25) is 0 Å². The van der Waals surface area contributed by atoms with Crippen molar-refractivity contribution in [2.45, 2.75) is 33.2 Å². The lowest BCUT2D eigenvalue weighted by Crippen LogP contribution is -2.21. The summed E-state index contributed by atoms with van der Waals surface area (Å²) in [6.07, 6.45) is 2.12. The summed E-state index contributed by atoms with van der Waals surface area (Å²) in [5.74, 6) is 1.32. The third-order valence-electron chi connectivity index (χ3n) is 4.09. The molecule has 1 heterocycles. The van der Waals surface area contributed by atoms with E-state index in [0.29, 0.717) is 18.4 Å². The third kappa shape index (κ3) is 4.97. The standard InChI is InChI=1S/C17H27BrN2O/c1-13(2)10-19-11-15-3-4-16(9-17(15)18)20-7-5-14(12-20)6-8-21/h3-4,9,13-14,19,21H,5-8,10-12H2,1-2H3.